The normalized spacial score (nSPS) is 17.9. The van der Waals surface area contributed by atoms with Crippen LogP contribution in [0.5, 0.6) is 11.5 Å². The molecule has 0 saturated heterocycles. The lowest BCUT2D eigenvalue weighted by molar-refractivity contribution is -0.286. The second-order valence-electron chi connectivity index (χ2n) is 3.83. The van der Waals surface area contributed by atoms with Crippen LogP contribution >= 0.6 is 0 Å². The van der Waals surface area contributed by atoms with Crippen LogP contribution in [0.3, 0.4) is 0 Å². The molecule has 1 aromatic carbocycles. The van der Waals surface area contributed by atoms with Crippen molar-refractivity contribution in [3.8, 4) is 11.5 Å². The van der Waals surface area contributed by atoms with Crippen LogP contribution in [0.15, 0.2) is 18.2 Å². The van der Waals surface area contributed by atoms with Crippen molar-refractivity contribution in [1.29, 1.82) is 0 Å². The highest BCUT2D eigenvalue weighted by Crippen LogP contribution is 2.41. The molecule has 1 heterocycles. The monoisotopic (exact) mass is 243 g/mol. The molecule has 0 saturated carbocycles. The molecule has 0 spiro atoms. The summed E-state index contributed by atoms with van der Waals surface area (Å²) in [6, 6.07) is 3.94. The number of hydrogen-bond donors (Lipinski definition) is 1. The molecule has 0 amide bonds. The lowest BCUT2D eigenvalue weighted by Gasteiger charge is -2.07. The average Bonchev–Trinajstić information content (AvgIpc) is 2.59. The minimum Gasteiger partial charge on any atom is -0.395 e. The molecule has 0 bridgehead atoms. The first-order valence-corrected chi connectivity index (χ1v) is 5.07. The number of nitrogens with two attached hydrogens (primary N) is 1. The van der Waals surface area contributed by atoms with Crippen LogP contribution in [-0.4, -0.2) is 18.6 Å². The largest absolute Gasteiger partial charge is 0.586 e. The Morgan fingerprint density at radius 2 is 2.06 bits per heavy atom. The first-order valence-electron chi connectivity index (χ1n) is 5.07. The van der Waals surface area contributed by atoms with Gasteiger partial charge in [0.1, 0.15) is 0 Å². The number of carbonyl (C=O) groups excluding carboxylic acids is 1. The zero-order valence-electron chi connectivity index (χ0n) is 9.07. The summed E-state index contributed by atoms with van der Waals surface area (Å²) in [6.07, 6.45) is -3.66. The van der Waals surface area contributed by atoms with Gasteiger partial charge in [0.25, 0.3) is 0 Å². The van der Waals surface area contributed by atoms with Crippen molar-refractivity contribution >= 4 is 5.78 Å². The standard InChI is InChI=1S/C11H11F2NO3/c1-6(5-14)10(15)7-2-3-8-9(4-7)17-11(12,13)16-8/h2-4,6H,5,14H2,1H3. The van der Waals surface area contributed by atoms with Crippen LogP contribution in [0, 0.1) is 5.92 Å². The van der Waals surface area contributed by atoms with Crippen molar-refractivity contribution in [3.05, 3.63) is 23.8 Å². The maximum atomic E-state index is 12.7. The molecule has 6 heteroatoms. The highest BCUT2D eigenvalue weighted by molar-refractivity contribution is 5.98. The molecule has 1 unspecified atom stereocenters. The van der Waals surface area contributed by atoms with Gasteiger partial charge in [-0.3, -0.25) is 4.79 Å². The smallest absolute Gasteiger partial charge is 0.395 e. The van der Waals surface area contributed by atoms with E-state index in [4.69, 9.17) is 5.73 Å². The van der Waals surface area contributed by atoms with E-state index in [0.717, 1.165) is 0 Å². The number of Topliss-reactive ketones (excluding diaryl/α,β-unsaturated/α-hetero) is 1. The van der Waals surface area contributed by atoms with Crippen molar-refractivity contribution in [3.63, 3.8) is 0 Å². The molecule has 1 aromatic rings. The van der Waals surface area contributed by atoms with E-state index < -0.39 is 6.29 Å². The van der Waals surface area contributed by atoms with E-state index >= 15 is 0 Å². The third kappa shape index (κ3) is 2.21. The van der Waals surface area contributed by atoms with Crippen molar-refractivity contribution in [2.24, 2.45) is 11.7 Å². The lowest BCUT2D eigenvalue weighted by Crippen LogP contribution is -2.26. The number of hydrogen-bond acceptors (Lipinski definition) is 4. The van der Waals surface area contributed by atoms with Crippen LogP contribution in [0.1, 0.15) is 17.3 Å². The van der Waals surface area contributed by atoms with E-state index in [1.165, 1.54) is 18.2 Å². The Hall–Kier alpha value is -1.69. The van der Waals surface area contributed by atoms with Crippen molar-refractivity contribution in [1.82, 2.24) is 0 Å². The Balaban J connectivity index is 2.28. The van der Waals surface area contributed by atoms with Gasteiger partial charge in [0, 0.05) is 18.0 Å². The number of alkyl halides is 2. The van der Waals surface area contributed by atoms with E-state index in [1.807, 2.05) is 0 Å². The summed E-state index contributed by atoms with van der Waals surface area (Å²) >= 11 is 0. The van der Waals surface area contributed by atoms with Gasteiger partial charge in [0.05, 0.1) is 0 Å². The Labute approximate surface area is 96.3 Å². The topological polar surface area (TPSA) is 61.6 Å². The van der Waals surface area contributed by atoms with Crippen molar-refractivity contribution in [2.45, 2.75) is 13.2 Å². The molecule has 4 nitrogen and oxygen atoms in total. The molecule has 1 aliphatic heterocycles. The number of halogens is 2. The number of rotatable bonds is 3. The van der Waals surface area contributed by atoms with Gasteiger partial charge in [-0.15, -0.1) is 8.78 Å². The van der Waals surface area contributed by atoms with Gasteiger partial charge in [0.2, 0.25) is 0 Å². The molecule has 0 fully saturated rings. The number of benzene rings is 1. The molecule has 1 aliphatic rings. The van der Waals surface area contributed by atoms with Gasteiger partial charge in [-0.25, -0.2) is 0 Å². The SMILES string of the molecule is CC(CN)C(=O)c1ccc2c(c1)OC(F)(F)O2. The third-order valence-corrected chi connectivity index (χ3v) is 2.49. The quantitative estimate of drug-likeness (QED) is 0.822. The van der Waals surface area contributed by atoms with Crippen molar-refractivity contribution in [2.75, 3.05) is 6.54 Å². The van der Waals surface area contributed by atoms with Gasteiger partial charge in [-0.05, 0) is 18.2 Å². The Morgan fingerprint density at radius 1 is 1.41 bits per heavy atom. The summed E-state index contributed by atoms with van der Waals surface area (Å²) < 4.78 is 34.0. The Bertz CT molecular complexity index is 462. The second kappa shape index (κ2) is 3.96. The first kappa shape index (κ1) is 11.8. The number of ether oxygens (including phenoxy) is 2. The summed E-state index contributed by atoms with van der Waals surface area (Å²) in [5.41, 5.74) is 5.65. The molecule has 2 N–H and O–H groups in total. The molecule has 0 radical (unpaired) electrons. The highest BCUT2D eigenvalue weighted by atomic mass is 19.3. The molecule has 17 heavy (non-hydrogen) atoms. The van der Waals surface area contributed by atoms with Crippen molar-refractivity contribution < 1.29 is 23.0 Å². The highest BCUT2D eigenvalue weighted by Gasteiger charge is 2.43. The molecule has 2 rings (SSSR count). The van der Waals surface area contributed by atoms with Gasteiger partial charge in [-0.1, -0.05) is 6.92 Å². The molecule has 0 aliphatic carbocycles. The van der Waals surface area contributed by atoms with Gasteiger partial charge in [0.15, 0.2) is 17.3 Å². The lowest BCUT2D eigenvalue weighted by atomic mass is 9.99. The van der Waals surface area contributed by atoms with E-state index in [9.17, 15) is 13.6 Å². The number of ketones is 1. The number of fused-ring (bicyclic) bond motifs is 1. The fraction of sp³-hybridized carbons (Fsp3) is 0.364. The molecule has 1 atom stereocenters. The molecule has 0 aromatic heterocycles. The van der Waals surface area contributed by atoms with Gasteiger partial charge >= 0.3 is 6.29 Å². The molecular weight excluding hydrogens is 232 g/mol. The summed E-state index contributed by atoms with van der Waals surface area (Å²) in [5.74, 6) is -0.790. The fourth-order valence-electron chi connectivity index (χ4n) is 1.49. The summed E-state index contributed by atoms with van der Waals surface area (Å²) in [6.45, 7) is 1.87. The number of carbonyl (C=O) groups is 1. The summed E-state index contributed by atoms with van der Waals surface area (Å²) in [4.78, 5) is 11.8. The van der Waals surface area contributed by atoms with E-state index in [0.29, 0.717) is 0 Å². The van der Waals surface area contributed by atoms with E-state index in [2.05, 4.69) is 9.47 Å². The van der Waals surface area contributed by atoms with E-state index in [-0.39, 0.29) is 35.3 Å². The van der Waals surface area contributed by atoms with E-state index in [1.54, 1.807) is 6.92 Å². The predicted molar refractivity (Wildman–Crippen MR) is 55.2 cm³/mol. The van der Waals surface area contributed by atoms with Crippen LogP contribution in [0.4, 0.5) is 8.78 Å². The maximum Gasteiger partial charge on any atom is 0.586 e. The van der Waals surface area contributed by atoms with Crippen LogP contribution in [-0.2, 0) is 0 Å². The summed E-state index contributed by atoms with van der Waals surface area (Å²) in [7, 11) is 0. The van der Waals surface area contributed by atoms with Crippen LogP contribution in [0.25, 0.3) is 0 Å². The second-order valence-corrected chi connectivity index (χ2v) is 3.83. The fourth-order valence-corrected chi connectivity index (χ4v) is 1.49. The zero-order valence-corrected chi connectivity index (χ0v) is 9.07. The van der Waals surface area contributed by atoms with Gasteiger partial charge < -0.3 is 15.2 Å². The minimum atomic E-state index is -3.66. The Kier molecular flexibility index (Phi) is 2.74. The van der Waals surface area contributed by atoms with Crippen LogP contribution in [0.2, 0.25) is 0 Å². The Morgan fingerprint density at radius 3 is 2.71 bits per heavy atom. The zero-order chi connectivity index (χ0) is 12.6. The predicted octanol–water partition coefficient (Wildman–Crippen LogP) is 1.79. The maximum absolute atomic E-state index is 12.7. The minimum absolute atomic E-state index is 0.0769. The summed E-state index contributed by atoms with van der Waals surface area (Å²) in [5, 5.41) is 0. The van der Waals surface area contributed by atoms with Crippen LogP contribution < -0.4 is 15.2 Å². The molecule has 92 valence electrons. The average molecular weight is 243 g/mol. The third-order valence-electron chi connectivity index (χ3n) is 2.49. The first-order chi connectivity index (χ1) is 7.93. The van der Waals surface area contributed by atoms with Gasteiger partial charge in [-0.2, -0.15) is 0 Å². The molecular formula is C11H11F2NO3.